The van der Waals surface area contributed by atoms with Crippen LogP contribution in [0.15, 0.2) is 65.5 Å². The zero-order valence-electron chi connectivity index (χ0n) is 13.9. The zero-order chi connectivity index (χ0) is 19.4. The van der Waals surface area contributed by atoms with Gasteiger partial charge in [-0.05, 0) is 23.8 Å². The maximum absolute atomic E-state index is 12.6. The number of halogens is 1. The van der Waals surface area contributed by atoms with Crippen molar-refractivity contribution < 1.29 is 14.7 Å². The van der Waals surface area contributed by atoms with Crippen LogP contribution in [0.2, 0.25) is 0 Å². The summed E-state index contributed by atoms with van der Waals surface area (Å²) in [5.74, 6) is -1.71. The summed E-state index contributed by atoms with van der Waals surface area (Å²) in [4.78, 5) is 35.5. The number of nitrogens with one attached hydrogen (secondary N) is 1. The number of carboxylic acid groups (broad SMARTS) is 1. The Bertz CT molecular complexity index is 1030. The number of benzene rings is 2. The van der Waals surface area contributed by atoms with Crippen LogP contribution in [0.5, 0.6) is 0 Å². The maximum atomic E-state index is 12.6. The van der Waals surface area contributed by atoms with Gasteiger partial charge in [0.2, 0.25) is 0 Å². The predicted octanol–water partition coefficient (Wildman–Crippen LogP) is 2.93. The van der Waals surface area contributed by atoms with Crippen molar-refractivity contribution in [2.24, 2.45) is 0 Å². The summed E-state index contributed by atoms with van der Waals surface area (Å²) in [7, 11) is 0. The summed E-state index contributed by atoms with van der Waals surface area (Å²) in [5.41, 5.74) is 0.983. The second-order valence-electron chi connectivity index (χ2n) is 5.69. The lowest BCUT2D eigenvalue weighted by molar-refractivity contribution is 0.0696. The van der Waals surface area contributed by atoms with Crippen LogP contribution in [0, 0.1) is 0 Å². The van der Waals surface area contributed by atoms with Gasteiger partial charge in [0.05, 0.1) is 17.8 Å². The second-order valence-corrected chi connectivity index (χ2v) is 6.10. The second kappa shape index (κ2) is 7.84. The summed E-state index contributed by atoms with van der Waals surface area (Å²) in [6.45, 7) is 0.131. The van der Waals surface area contributed by atoms with Crippen molar-refractivity contribution in [3.05, 3.63) is 87.7 Å². The van der Waals surface area contributed by atoms with Crippen molar-refractivity contribution in [1.29, 1.82) is 0 Å². The average molecular weight is 384 g/mol. The molecule has 0 saturated carbocycles. The van der Waals surface area contributed by atoms with Crippen LogP contribution in [-0.4, -0.2) is 31.6 Å². The molecule has 0 saturated heterocycles. The van der Waals surface area contributed by atoms with Gasteiger partial charge in [-0.1, -0.05) is 42.5 Å². The molecule has 1 amide bonds. The number of carbonyl (C=O) groups is 2. The minimum atomic E-state index is -1.05. The van der Waals surface area contributed by atoms with E-state index in [1.807, 2.05) is 30.3 Å². The molecule has 2 N–H and O–H groups in total. The number of aromatic nitrogens is 2. The smallest absolute Gasteiger partial charge is 0.335 e. The van der Waals surface area contributed by atoms with E-state index in [9.17, 15) is 14.4 Å². The summed E-state index contributed by atoms with van der Waals surface area (Å²) < 4.78 is 0.928. The van der Waals surface area contributed by atoms with Crippen LogP contribution < -0.4 is 5.56 Å². The van der Waals surface area contributed by atoms with E-state index in [-0.39, 0.29) is 17.7 Å². The van der Waals surface area contributed by atoms with E-state index in [0.29, 0.717) is 11.3 Å². The van der Waals surface area contributed by atoms with Gasteiger partial charge < -0.3 is 5.11 Å². The van der Waals surface area contributed by atoms with Crippen molar-refractivity contribution in [1.82, 2.24) is 14.6 Å². The number of aromatic carboxylic acids is 1. The number of aromatic amines is 1. The van der Waals surface area contributed by atoms with Crippen molar-refractivity contribution in [2.45, 2.75) is 6.54 Å². The van der Waals surface area contributed by atoms with Crippen molar-refractivity contribution >= 4 is 23.7 Å². The highest BCUT2D eigenvalue weighted by Gasteiger charge is 2.19. The van der Waals surface area contributed by atoms with Gasteiger partial charge in [-0.25, -0.2) is 14.3 Å². The SMILES string of the molecule is O=C(O)c1ccc(-c2cc(C(=O)N(Cl)Cc3ccccc3)c(=O)[nH]n2)cc1. The monoisotopic (exact) mass is 383 g/mol. The van der Waals surface area contributed by atoms with Crippen LogP contribution in [0.3, 0.4) is 0 Å². The fourth-order valence-corrected chi connectivity index (χ4v) is 2.67. The molecule has 8 heteroatoms. The van der Waals surface area contributed by atoms with Gasteiger partial charge in [0.1, 0.15) is 5.56 Å². The lowest BCUT2D eigenvalue weighted by Gasteiger charge is -2.14. The first-order chi connectivity index (χ1) is 13.0. The highest BCUT2D eigenvalue weighted by Crippen LogP contribution is 2.18. The van der Waals surface area contributed by atoms with Gasteiger partial charge >= 0.3 is 5.97 Å². The van der Waals surface area contributed by atoms with E-state index < -0.39 is 17.4 Å². The summed E-state index contributed by atoms with van der Waals surface area (Å²) in [5, 5.41) is 15.1. The molecule has 3 rings (SSSR count). The molecule has 136 valence electrons. The van der Waals surface area contributed by atoms with Gasteiger partial charge in [0.25, 0.3) is 11.5 Å². The van der Waals surface area contributed by atoms with E-state index in [1.54, 1.807) is 12.1 Å². The Labute approximate surface area is 159 Å². The van der Waals surface area contributed by atoms with Gasteiger partial charge in [-0.2, -0.15) is 5.10 Å². The first-order valence-corrected chi connectivity index (χ1v) is 8.24. The lowest BCUT2D eigenvalue weighted by Crippen LogP contribution is -2.28. The molecule has 0 atom stereocenters. The number of carbonyl (C=O) groups excluding carboxylic acids is 1. The van der Waals surface area contributed by atoms with Crippen LogP contribution in [0.1, 0.15) is 26.3 Å². The molecule has 0 unspecified atom stereocenters. The minimum Gasteiger partial charge on any atom is -0.478 e. The van der Waals surface area contributed by atoms with Crippen LogP contribution in [0.4, 0.5) is 0 Å². The Balaban J connectivity index is 1.87. The van der Waals surface area contributed by atoms with Gasteiger partial charge in [-0.15, -0.1) is 0 Å². The molecule has 0 aliphatic carbocycles. The zero-order valence-corrected chi connectivity index (χ0v) is 14.7. The normalized spacial score (nSPS) is 10.4. The molecule has 2 aromatic carbocycles. The van der Waals surface area contributed by atoms with E-state index in [2.05, 4.69) is 10.2 Å². The Hall–Kier alpha value is -3.45. The number of nitrogens with zero attached hydrogens (tertiary/aromatic N) is 2. The molecule has 0 aliphatic rings. The van der Waals surface area contributed by atoms with Gasteiger partial charge in [-0.3, -0.25) is 9.59 Å². The number of rotatable bonds is 5. The molecule has 0 aliphatic heterocycles. The summed E-state index contributed by atoms with van der Waals surface area (Å²) in [6, 6.07) is 16.4. The van der Waals surface area contributed by atoms with Crippen molar-refractivity contribution in [2.75, 3.05) is 0 Å². The maximum Gasteiger partial charge on any atom is 0.335 e. The quantitative estimate of drug-likeness (QED) is 0.659. The topological polar surface area (TPSA) is 103 Å². The predicted molar refractivity (Wildman–Crippen MR) is 99.4 cm³/mol. The first-order valence-electron chi connectivity index (χ1n) is 7.91. The highest BCUT2D eigenvalue weighted by molar-refractivity contribution is 6.24. The van der Waals surface area contributed by atoms with E-state index >= 15 is 0 Å². The average Bonchev–Trinajstić information content (AvgIpc) is 2.68. The van der Waals surface area contributed by atoms with Crippen molar-refractivity contribution in [3.63, 3.8) is 0 Å². The molecular formula is C19H14ClN3O4. The Morgan fingerprint density at radius 3 is 2.37 bits per heavy atom. The Morgan fingerprint density at radius 1 is 1.07 bits per heavy atom. The molecular weight excluding hydrogens is 370 g/mol. The third kappa shape index (κ3) is 4.21. The number of amides is 1. The molecule has 1 aromatic heterocycles. The molecule has 0 spiro atoms. The third-order valence-electron chi connectivity index (χ3n) is 3.85. The molecule has 27 heavy (non-hydrogen) atoms. The van der Waals surface area contributed by atoms with E-state index in [1.165, 1.54) is 18.2 Å². The fraction of sp³-hybridized carbons (Fsp3) is 0.0526. The van der Waals surface area contributed by atoms with Crippen LogP contribution in [0.25, 0.3) is 11.3 Å². The first kappa shape index (κ1) is 18.3. The van der Waals surface area contributed by atoms with E-state index in [0.717, 1.165) is 9.98 Å². The fourth-order valence-electron chi connectivity index (χ4n) is 2.44. The summed E-state index contributed by atoms with van der Waals surface area (Å²) >= 11 is 6.07. The molecule has 7 nitrogen and oxygen atoms in total. The number of hydrogen-bond donors (Lipinski definition) is 2. The molecule has 0 radical (unpaired) electrons. The largest absolute Gasteiger partial charge is 0.478 e. The number of H-pyrrole nitrogens is 1. The van der Waals surface area contributed by atoms with E-state index in [4.69, 9.17) is 16.9 Å². The Morgan fingerprint density at radius 2 is 1.74 bits per heavy atom. The molecule has 1 heterocycles. The number of carboxylic acids is 1. The Kier molecular flexibility index (Phi) is 5.33. The van der Waals surface area contributed by atoms with Crippen LogP contribution in [-0.2, 0) is 6.54 Å². The van der Waals surface area contributed by atoms with Gasteiger partial charge in [0, 0.05) is 17.3 Å². The minimum absolute atomic E-state index is 0.120. The van der Waals surface area contributed by atoms with Crippen molar-refractivity contribution in [3.8, 4) is 11.3 Å². The summed E-state index contributed by atoms with van der Waals surface area (Å²) in [6.07, 6.45) is 0. The molecule has 0 fully saturated rings. The van der Waals surface area contributed by atoms with Crippen LogP contribution >= 0.6 is 11.8 Å². The standard InChI is InChI=1S/C19H14ClN3O4/c20-23(11-12-4-2-1-3-5-12)18(25)15-10-16(21-22-17(15)24)13-6-8-14(9-7-13)19(26)27/h1-10H,11H2,(H,22,24)(H,26,27). The van der Waals surface area contributed by atoms with Gasteiger partial charge in [0.15, 0.2) is 0 Å². The molecule has 3 aromatic rings. The highest BCUT2D eigenvalue weighted by atomic mass is 35.5. The lowest BCUT2D eigenvalue weighted by atomic mass is 10.1. The molecule has 0 bridgehead atoms. The number of hydrogen-bond acceptors (Lipinski definition) is 4. The third-order valence-corrected chi connectivity index (χ3v) is 4.12.